The van der Waals surface area contributed by atoms with Crippen LogP contribution in [0.5, 0.6) is 5.75 Å². The minimum atomic E-state index is -0.231. The number of methoxy groups -OCH3 is 1. The Bertz CT molecular complexity index is 1240. The van der Waals surface area contributed by atoms with Crippen molar-refractivity contribution in [3.8, 4) is 5.75 Å². The second kappa shape index (κ2) is 7.06. The van der Waals surface area contributed by atoms with E-state index in [1.807, 2.05) is 54.4 Å². The Labute approximate surface area is 175 Å². The highest BCUT2D eigenvalue weighted by atomic mass is 16.5. The van der Waals surface area contributed by atoms with E-state index in [-0.39, 0.29) is 11.9 Å². The maximum Gasteiger partial charge on any atom is 0.254 e. The Balaban J connectivity index is 1.57. The summed E-state index contributed by atoms with van der Waals surface area (Å²) < 4.78 is 7.40. The van der Waals surface area contributed by atoms with E-state index in [4.69, 9.17) is 4.74 Å². The zero-order valence-electron chi connectivity index (χ0n) is 17.3. The molecule has 6 nitrogen and oxygen atoms in total. The van der Waals surface area contributed by atoms with Gasteiger partial charge in [0.1, 0.15) is 11.8 Å². The number of hydrogen-bond donors (Lipinski definition) is 1. The molecule has 3 heterocycles. The molecular weight excluding hydrogens is 376 g/mol. The third kappa shape index (κ3) is 2.87. The molecule has 1 amide bonds. The van der Waals surface area contributed by atoms with Crippen molar-refractivity contribution in [2.24, 2.45) is 7.05 Å². The normalized spacial score (nSPS) is 16.0. The molecule has 0 unspecified atom stereocenters. The zero-order valence-corrected chi connectivity index (χ0v) is 17.3. The Hall–Kier alpha value is -3.54. The molecule has 0 spiro atoms. The molecule has 0 fully saturated rings. The van der Waals surface area contributed by atoms with Crippen LogP contribution in [0.3, 0.4) is 0 Å². The van der Waals surface area contributed by atoms with Crippen molar-refractivity contribution >= 4 is 16.8 Å². The van der Waals surface area contributed by atoms with Crippen molar-refractivity contribution in [3.05, 3.63) is 83.1 Å². The first kappa shape index (κ1) is 18.5. The minimum absolute atomic E-state index is 0.0228. The lowest BCUT2D eigenvalue weighted by Crippen LogP contribution is -2.40. The monoisotopic (exact) mass is 400 g/mol. The fourth-order valence-corrected chi connectivity index (χ4v) is 4.51. The second-order valence-corrected chi connectivity index (χ2v) is 7.85. The average molecular weight is 400 g/mol. The number of nitrogens with one attached hydrogen (secondary N) is 1. The lowest BCUT2D eigenvalue weighted by atomic mass is 9.94. The molecule has 1 atom stereocenters. The summed E-state index contributed by atoms with van der Waals surface area (Å²) in [6, 6.07) is 13.6. The Morgan fingerprint density at radius 3 is 2.77 bits per heavy atom. The maximum atomic E-state index is 13.7. The molecule has 1 aliphatic rings. The number of rotatable bonds is 3. The zero-order chi connectivity index (χ0) is 20.8. The summed E-state index contributed by atoms with van der Waals surface area (Å²) in [5.41, 5.74) is 6.03. The Morgan fingerprint density at radius 2 is 2.00 bits per heavy atom. The summed E-state index contributed by atoms with van der Waals surface area (Å²) in [6.07, 6.45) is 4.57. The van der Waals surface area contributed by atoms with Crippen LogP contribution >= 0.6 is 0 Å². The van der Waals surface area contributed by atoms with Gasteiger partial charge in [0.05, 0.1) is 19.1 Å². The quantitative estimate of drug-likeness (QED) is 0.565. The van der Waals surface area contributed by atoms with E-state index < -0.39 is 0 Å². The highest BCUT2D eigenvalue weighted by Gasteiger charge is 2.34. The highest BCUT2D eigenvalue weighted by Crippen LogP contribution is 2.35. The summed E-state index contributed by atoms with van der Waals surface area (Å²) >= 11 is 0. The summed E-state index contributed by atoms with van der Waals surface area (Å²) in [4.78, 5) is 23.4. The molecule has 0 saturated heterocycles. The van der Waals surface area contributed by atoms with E-state index in [0.29, 0.717) is 12.1 Å². The van der Waals surface area contributed by atoms with Crippen molar-refractivity contribution in [1.29, 1.82) is 0 Å². The van der Waals surface area contributed by atoms with E-state index in [0.717, 1.165) is 40.0 Å². The van der Waals surface area contributed by atoms with Crippen molar-refractivity contribution in [2.75, 3.05) is 13.7 Å². The minimum Gasteiger partial charge on any atom is -0.497 e. The summed E-state index contributed by atoms with van der Waals surface area (Å²) in [6.45, 7) is 2.71. The SMILES string of the molecule is COc1ccc([C@@H]2c3nc[nH]c3CCN2C(=O)c2ccc3c(c2)c(C)cn3C)cc1. The van der Waals surface area contributed by atoms with Crippen LogP contribution in [0.4, 0.5) is 0 Å². The summed E-state index contributed by atoms with van der Waals surface area (Å²) in [5, 5.41) is 1.11. The van der Waals surface area contributed by atoms with Crippen molar-refractivity contribution in [3.63, 3.8) is 0 Å². The first-order chi connectivity index (χ1) is 14.6. The number of aromatic nitrogens is 3. The van der Waals surface area contributed by atoms with E-state index in [2.05, 4.69) is 27.7 Å². The molecule has 30 heavy (non-hydrogen) atoms. The molecule has 4 aromatic rings. The molecule has 0 aliphatic carbocycles. The summed E-state index contributed by atoms with van der Waals surface area (Å²) in [7, 11) is 3.68. The number of H-pyrrole nitrogens is 1. The Morgan fingerprint density at radius 1 is 1.20 bits per heavy atom. The van der Waals surface area contributed by atoms with Gasteiger partial charge in [0, 0.05) is 48.4 Å². The van der Waals surface area contributed by atoms with Crippen molar-refractivity contribution in [2.45, 2.75) is 19.4 Å². The smallest absolute Gasteiger partial charge is 0.254 e. The number of benzene rings is 2. The third-order valence-corrected chi connectivity index (χ3v) is 6.05. The first-order valence-corrected chi connectivity index (χ1v) is 10.1. The van der Waals surface area contributed by atoms with Gasteiger partial charge in [-0.25, -0.2) is 4.98 Å². The number of carbonyl (C=O) groups is 1. The molecule has 2 aromatic carbocycles. The van der Waals surface area contributed by atoms with Crippen LogP contribution in [0.2, 0.25) is 0 Å². The van der Waals surface area contributed by atoms with Gasteiger partial charge in [-0.05, 0) is 48.4 Å². The first-order valence-electron chi connectivity index (χ1n) is 10.1. The number of nitrogens with zero attached hydrogens (tertiary/aromatic N) is 3. The lowest BCUT2D eigenvalue weighted by molar-refractivity contribution is 0.0691. The number of aryl methyl sites for hydroxylation is 2. The molecular formula is C24H24N4O2. The number of amides is 1. The van der Waals surface area contributed by atoms with Gasteiger partial charge in [-0.15, -0.1) is 0 Å². The van der Waals surface area contributed by atoms with Gasteiger partial charge in [-0.1, -0.05) is 12.1 Å². The van der Waals surface area contributed by atoms with E-state index in [9.17, 15) is 4.79 Å². The fraction of sp³-hybridized carbons (Fsp3) is 0.250. The maximum absolute atomic E-state index is 13.7. The second-order valence-electron chi connectivity index (χ2n) is 7.85. The van der Waals surface area contributed by atoms with Crippen LogP contribution in [0.25, 0.3) is 10.9 Å². The van der Waals surface area contributed by atoms with Crippen LogP contribution in [0.15, 0.2) is 55.0 Å². The van der Waals surface area contributed by atoms with Crippen molar-refractivity contribution < 1.29 is 9.53 Å². The number of imidazole rings is 1. The predicted octanol–water partition coefficient (Wildman–Crippen LogP) is 4.01. The van der Waals surface area contributed by atoms with Gasteiger partial charge < -0.3 is 19.2 Å². The lowest BCUT2D eigenvalue weighted by Gasteiger charge is -2.35. The number of aromatic amines is 1. The van der Waals surface area contributed by atoms with Crippen LogP contribution in [0, 0.1) is 6.92 Å². The molecule has 0 bridgehead atoms. The molecule has 6 heteroatoms. The molecule has 0 saturated carbocycles. The predicted molar refractivity (Wildman–Crippen MR) is 116 cm³/mol. The highest BCUT2D eigenvalue weighted by molar-refractivity contribution is 5.99. The number of ether oxygens (including phenoxy) is 1. The van der Waals surface area contributed by atoms with Gasteiger partial charge in [0.2, 0.25) is 0 Å². The van der Waals surface area contributed by atoms with Gasteiger partial charge in [0.25, 0.3) is 5.91 Å². The standard InChI is InChI=1S/C24H24N4O2/c1-15-13-27(2)21-9-6-17(12-19(15)21)24(29)28-11-10-20-22(26-14-25-20)23(28)16-4-7-18(30-3)8-5-16/h4-9,12-14,23H,10-11H2,1-3H3,(H,25,26)/t23-/m1/s1. The topological polar surface area (TPSA) is 63.1 Å². The number of hydrogen-bond acceptors (Lipinski definition) is 3. The number of fused-ring (bicyclic) bond motifs is 2. The number of carbonyl (C=O) groups excluding carboxylic acids is 1. The molecule has 2 aromatic heterocycles. The van der Waals surface area contributed by atoms with Gasteiger partial charge >= 0.3 is 0 Å². The van der Waals surface area contributed by atoms with Gasteiger partial charge in [-0.2, -0.15) is 0 Å². The average Bonchev–Trinajstić information content (AvgIpc) is 3.36. The third-order valence-electron chi connectivity index (χ3n) is 6.05. The van der Waals surface area contributed by atoms with E-state index in [1.165, 1.54) is 5.56 Å². The Kier molecular flexibility index (Phi) is 4.35. The van der Waals surface area contributed by atoms with Gasteiger partial charge in [-0.3, -0.25) is 4.79 Å². The van der Waals surface area contributed by atoms with Gasteiger partial charge in [0.15, 0.2) is 0 Å². The summed E-state index contributed by atoms with van der Waals surface area (Å²) in [5.74, 6) is 0.814. The molecule has 5 rings (SSSR count). The largest absolute Gasteiger partial charge is 0.497 e. The molecule has 152 valence electrons. The molecule has 0 radical (unpaired) electrons. The van der Waals surface area contributed by atoms with Crippen LogP contribution in [0.1, 0.15) is 38.9 Å². The van der Waals surface area contributed by atoms with E-state index >= 15 is 0 Å². The molecule has 1 aliphatic heterocycles. The van der Waals surface area contributed by atoms with E-state index in [1.54, 1.807) is 13.4 Å². The fourth-order valence-electron chi connectivity index (χ4n) is 4.51. The van der Waals surface area contributed by atoms with Crippen LogP contribution in [-0.4, -0.2) is 39.0 Å². The molecule has 1 N–H and O–H groups in total. The van der Waals surface area contributed by atoms with Crippen molar-refractivity contribution in [1.82, 2.24) is 19.4 Å². The van der Waals surface area contributed by atoms with Crippen LogP contribution < -0.4 is 4.74 Å². The van der Waals surface area contributed by atoms with Crippen LogP contribution in [-0.2, 0) is 13.5 Å².